The smallest absolute Gasteiger partial charge is 0.251 e. The zero-order chi connectivity index (χ0) is 9.52. The van der Waals surface area contributed by atoms with Crippen molar-refractivity contribution in [3.8, 4) is 6.07 Å². The van der Waals surface area contributed by atoms with Crippen molar-refractivity contribution < 1.29 is 4.79 Å². The minimum Gasteiger partial charge on any atom is -0.351 e. The molecule has 0 aliphatic rings. The Morgan fingerprint density at radius 3 is 3.08 bits per heavy atom. The summed E-state index contributed by atoms with van der Waals surface area (Å²) in [4.78, 5) is 11.3. The number of hydrogen-bond acceptors (Lipinski definition) is 2. The van der Waals surface area contributed by atoms with E-state index in [4.69, 9.17) is 5.26 Å². The largest absolute Gasteiger partial charge is 0.351 e. The molecular weight excluding hydrogens is 164 g/mol. The van der Waals surface area contributed by atoms with E-state index in [-0.39, 0.29) is 5.91 Å². The number of hydrogen-bond donors (Lipinski definition) is 1. The van der Waals surface area contributed by atoms with Crippen molar-refractivity contribution in [1.29, 1.82) is 5.26 Å². The number of carbonyl (C=O) groups is 1. The van der Waals surface area contributed by atoms with E-state index in [1.54, 1.807) is 24.3 Å². The maximum atomic E-state index is 11.3. The Bertz CT molecular complexity index is 313. The average Bonchev–Trinajstić information content (AvgIpc) is 2.19. The molecule has 1 amide bonds. The standard InChI is InChI=1S/C10H9N2O/c11-7-4-8-12-10(13)9-5-2-1-3-6-9/h1-3,5H,4,8H2,(H,12,13). The molecule has 0 heterocycles. The number of nitrogens with one attached hydrogen (secondary N) is 1. The van der Waals surface area contributed by atoms with Crippen molar-refractivity contribution in [3.05, 3.63) is 35.9 Å². The summed E-state index contributed by atoms with van der Waals surface area (Å²) in [6.07, 6.45) is 0.332. The number of nitriles is 1. The fraction of sp³-hybridized carbons (Fsp3) is 0.200. The molecule has 0 bridgehead atoms. The van der Waals surface area contributed by atoms with Crippen LogP contribution in [0.25, 0.3) is 0 Å². The van der Waals surface area contributed by atoms with Gasteiger partial charge in [-0.15, -0.1) is 0 Å². The molecule has 1 aromatic rings. The Morgan fingerprint density at radius 2 is 2.46 bits per heavy atom. The molecule has 3 heteroatoms. The van der Waals surface area contributed by atoms with Gasteiger partial charge in [-0.05, 0) is 12.1 Å². The van der Waals surface area contributed by atoms with Gasteiger partial charge in [-0.3, -0.25) is 4.79 Å². The molecular formula is C10H9N2O. The van der Waals surface area contributed by atoms with Crippen LogP contribution >= 0.6 is 0 Å². The second kappa shape index (κ2) is 4.94. The van der Waals surface area contributed by atoms with Crippen LogP contribution < -0.4 is 5.32 Å². The summed E-state index contributed by atoms with van der Waals surface area (Å²) < 4.78 is 0. The molecule has 0 atom stereocenters. The molecule has 0 aliphatic heterocycles. The molecule has 0 saturated heterocycles. The van der Waals surface area contributed by atoms with Gasteiger partial charge in [0, 0.05) is 12.1 Å². The van der Waals surface area contributed by atoms with Gasteiger partial charge in [0.2, 0.25) is 0 Å². The van der Waals surface area contributed by atoms with Gasteiger partial charge in [0.1, 0.15) is 0 Å². The van der Waals surface area contributed by atoms with E-state index in [2.05, 4.69) is 11.4 Å². The Morgan fingerprint density at radius 1 is 1.62 bits per heavy atom. The fourth-order valence-electron chi connectivity index (χ4n) is 0.862. The number of carbonyl (C=O) groups excluding carboxylic acids is 1. The second-order valence-corrected chi connectivity index (χ2v) is 2.44. The number of nitrogens with zero attached hydrogens (tertiary/aromatic N) is 1. The van der Waals surface area contributed by atoms with Crippen LogP contribution in [0.2, 0.25) is 0 Å². The van der Waals surface area contributed by atoms with E-state index in [9.17, 15) is 4.79 Å². The first-order chi connectivity index (χ1) is 6.34. The van der Waals surface area contributed by atoms with E-state index >= 15 is 0 Å². The molecule has 3 nitrogen and oxygen atoms in total. The monoisotopic (exact) mass is 173 g/mol. The number of rotatable bonds is 3. The normalized spacial score (nSPS) is 8.85. The van der Waals surface area contributed by atoms with Crippen LogP contribution in [0.4, 0.5) is 0 Å². The first-order valence-corrected chi connectivity index (χ1v) is 3.96. The van der Waals surface area contributed by atoms with Crippen LogP contribution in [-0.2, 0) is 0 Å². The molecule has 0 spiro atoms. The van der Waals surface area contributed by atoms with Crippen molar-refractivity contribution >= 4 is 5.91 Å². The maximum absolute atomic E-state index is 11.3. The van der Waals surface area contributed by atoms with Crippen molar-refractivity contribution in [2.75, 3.05) is 6.54 Å². The summed E-state index contributed by atoms with van der Waals surface area (Å²) in [6, 6.07) is 11.7. The van der Waals surface area contributed by atoms with Gasteiger partial charge in [0.15, 0.2) is 0 Å². The zero-order valence-corrected chi connectivity index (χ0v) is 7.08. The topological polar surface area (TPSA) is 52.9 Å². The Hall–Kier alpha value is -1.82. The van der Waals surface area contributed by atoms with Gasteiger partial charge >= 0.3 is 0 Å². The summed E-state index contributed by atoms with van der Waals surface area (Å²) >= 11 is 0. The minimum absolute atomic E-state index is 0.184. The molecule has 0 aromatic heterocycles. The van der Waals surface area contributed by atoms with E-state index < -0.39 is 0 Å². The predicted octanol–water partition coefficient (Wildman–Crippen LogP) is 1.13. The highest BCUT2D eigenvalue weighted by molar-refractivity contribution is 5.93. The van der Waals surface area contributed by atoms with Gasteiger partial charge in [0.05, 0.1) is 12.5 Å². The summed E-state index contributed by atoms with van der Waals surface area (Å²) in [7, 11) is 0. The first-order valence-electron chi connectivity index (χ1n) is 3.96. The maximum Gasteiger partial charge on any atom is 0.251 e. The van der Waals surface area contributed by atoms with Crippen molar-refractivity contribution in [1.82, 2.24) is 5.32 Å². The molecule has 0 aliphatic carbocycles. The summed E-state index contributed by atoms with van der Waals surface area (Å²) in [6.45, 7) is 0.387. The quantitative estimate of drug-likeness (QED) is 0.696. The van der Waals surface area contributed by atoms with E-state index in [1.165, 1.54) is 0 Å². The third-order valence-electron chi connectivity index (χ3n) is 1.48. The zero-order valence-electron chi connectivity index (χ0n) is 7.08. The molecule has 13 heavy (non-hydrogen) atoms. The third-order valence-corrected chi connectivity index (χ3v) is 1.48. The van der Waals surface area contributed by atoms with E-state index in [0.717, 1.165) is 0 Å². The summed E-state index contributed by atoms with van der Waals surface area (Å²) in [5, 5.41) is 10.8. The van der Waals surface area contributed by atoms with Crippen LogP contribution in [0.3, 0.4) is 0 Å². The highest BCUT2D eigenvalue weighted by Gasteiger charge is 2.02. The van der Waals surface area contributed by atoms with Gasteiger partial charge < -0.3 is 5.32 Å². The highest BCUT2D eigenvalue weighted by Crippen LogP contribution is 1.96. The predicted molar refractivity (Wildman–Crippen MR) is 47.8 cm³/mol. The Labute approximate surface area is 77.0 Å². The van der Waals surface area contributed by atoms with Crippen molar-refractivity contribution in [2.24, 2.45) is 0 Å². The third kappa shape index (κ3) is 2.96. The summed E-state index contributed by atoms with van der Waals surface area (Å²) in [5.74, 6) is -0.184. The van der Waals surface area contributed by atoms with Crippen LogP contribution in [0.15, 0.2) is 24.3 Å². The molecule has 1 N–H and O–H groups in total. The molecule has 1 aromatic carbocycles. The SMILES string of the molecule is N#CCCNC(=O)c1[c]cccc1. The first kappa shape index (κ1) is 9.27. The summed E-state index contributed by atoms with van der Waals surface area (Å²) in [5.41, 5.74) is 0.500. The molecule has 65 valence electrons. The van der Waals surface area contributed by atoms with E-state index in [0.29, 0.717) is 18.5 Å². The molecule has 0 unspecified atom stereocenters. The molecule has 0 saturated carbocycles. The number of benzene rings is 1. The Kier molecular flexibility index (Phi) is 3.52. The lowest BCUT2D eigenvalue weighted by Crippen LogP contribution is -2.24. The van der Waals surface area contributed by atoms with Crippen molar-refractivity contribution in [2.45, 2.75) is 6.42 Å². The van der Waals surface area contributed by atoms with Crippen molar-refractivity contribution in [3.63, 3.8) is 0 Å². The van der Waals surface area contributed by atoms with Gasteiger partial charge in [-0.2, -0.15) is 5.26 Å². The second-order valence-electron chi connectivity index (χ2n) is 2.44. The van der Waals surface area contributed by atoms with Crippen LogP contribution in [-0.4, -0.2) is 12.5 Å². The molecule has 1 rings (SSSR count). The highest BCUT2D eigenvalue weighted by atomic mass is 16.1. The average molecular weight is 173 g/mol. The molecule has 0 fully saturated rings. The fourth-order valence-corrected chi connectivity index (χ4v) is 0.862. The lowest BCUT2D eigenvalue weighted by molar-refractivity contribution is 0.0954. The van der Waals surface area contributed by atoms with E-state index in [1.807, 2.05) is 6.07 Å². The van der Waals surface area contributed by atoms with Crippen LogP contribution in [0.1, 0.15) is 16.8 Å². The minimum atomic E-state index is -0.184. The number of amides is 1. The Balaban J connectivity index is 2.46. The van der Waals surface area contributed by atoms with Gasteiger partial charge in [-0.25, -0.2) is 0 Å². The lowest BCUT2D eigenvalue weighted by atomic mass is 10.2. The van der Waals surface area contributed by atoms with Crippen LogP contribution in [0.5, 0.6) is 0 Å². The van der Waals surface area contributed by atoms with Crippen LogP contribution in [0, 0.1) is 17.4 Å². The van der Waals surface area contributed by atoms with Gasteiger partial charge in [0.25, 0.3) is 5.91 Å². The molecule has 1 radical (unpaired) electrons. The van der Waals surface area contributed by atoms with Gasteiger partial charge in [-0.1, -0.05) is 18.2 Å². The lowest BCUT2D eigenvalue weighted by Gasteiger charge is -2.00.